The van der Waals surface area contributed by atoms with Crippen molar-refractivity contribution in [3.05, 3.63) is 0 Å². The summed E-state index contributed by atoms with van der Waals surface area (Å²) in [6.45, 7) is 1.34. The lowest BCUT2D eigenvalue weighted by atomic mass is 10.2. The van der Waals surface area contributed by atoms with Crippen LogP contribution in [0.2, 0.25) is 0 Å². The Kier molecular flexibility index (Phi) is 2.54. The molecule has 3 nitrogen and oxygen atoms in total. The van der Waals surface area contributed by atoms with E-state index >= 15 is 0 Å². The van der Waals surface area contributed by atoms with Crippen LogP contribution < -0.4 is 0 Å². The van der Waals surface area contributed by atoms with Crippen LogP contribution in [-0.2, 0) is 5.11 Å². The zero-order valence-corrected chi connectivity index (χ0v) is 6.01. The summed E-state index contributed by atoms with van der Waals surface area (Å²) in [6, 6.07) is 0. The molecule has 0 N–H and O–H groups in total. The van der Waals surface area contributed by atoms with Crippen molar-refractivity contribution in [2.45, 2.75) is 25.7 Å². The molecule has 1 fully saturated rings. The lowest BCUT2D eigenvalue weighted by Gasteiger charge is -2.13. The molecule has 0 aliphatic carbocycles. The molecule has 3 heteroatoms. The Morgan fingerprint density at radius 1 is 1.00 bits per heavy atom. The second kappa shape index (κ2) is 3.44. The molecule has 1 saturated heterocycles. The number of rotatable bonds is 0. The summed E-state index contributed by atoms with van der Waals surface area (Å²) in [7, 11) is 0. The van der Waals surface area contributed by atoms with E-state index < -0.39 is 6.09 Å². The highest BCUT2D eigenvalue weighted by Gasteiger charge is 2.14. The van der Waals surface area contributed by atoms with Crippen molar-refractivity contribution in [3.63, 3.8) is 0 Å². The van der Waals surface area contributed by atoms with Crippen molar-refractivity contribution >= 4 is 6.09 Å². The smallest absolute Gasteiger partial charge is 0.305 e. The molecule has 1 radical (unpaired) electrons. The molecule has 0 atom stereocenters. The summed E-state index contributed by atoms with van der Waals surface area (Å²) >= 11 is 0. The molecule has 10 heavy (non-hydrogen) atoms. The van der Waals surface area contributed by atoms with Gasteiger partial charge in [0.2, 0.25) is 0 Å². The van der Waals surface area contributed by atoms with Crippen LogP contribution in [0.3, 0.4) is 0 Å². The molecule has 0 aromatic rings. The SMILES string of the molecule is [O]C(=O)N1CCCCCC1. The number of carbonyl (C=O) groups excluding carboxylic acids is 1. The van der Waals surface area contributed by atoms with Gasteiger partial charge in [0, 0.05) is 13.1 Å². The number of nitrogens with zero attached hydrogens (tertiary/aromatic N) is 1. The van der Waals surface area contributed by atoms with Gasteiger partial charge in [-0.2, -0.15) is 0 Å². The molecule has 0 spiro atoms. The Balaban J connectivity index is 2.35. The van der Waals surface area contributed by atoms with Gasteiger partial charge in [-0.25, -0.2) is 9.90 Å². The summed E-state index contributed by atoms with van der Waals surface area (Å²) in [6.07, 6.45) is 3.29. The first-order valence-corrected chi connectivity index (χ1v) is 3.76. The van der Waals surface area contributed by atoms with E-state index in [4.69, 9.17) is 0 Å². The molecule has 0 saturated carbocycles. The second-order valence-corrected chi connectivity index (χ2v) is 2.67. The van der Waals surface area contributed by atoms with Gasteiger partial charge in [-0.1, -0.05) is 12.8 Å². The molecule has 0 aromatic heterocycles. The summed E-state index contributed by atoms with van der Waals surface area (Å²) in [4.78, 5) is 11.7. The monoisotopic (exact) mass is 142 g/mol. The van der Waals surface area contributed by atoms with Gasteiger partial charge in [0.15, 0.2) is 0 Å². The minimum Gasteiger partial charge on any atom is -0.305 e. The Hall–Kier alpha value is -0.730. The third kappa shape index (κ3) is 1.90. The minimum atomic E-state index is -1.01. The predicted molar refractivity (Wildman–Crippen MR) is 36.1 cm³/mol. The van der Waals surface area contributed by atoms with Crippen LogP contribution in [0.25, 0.3) is 0 Å². The minimum absolute atomic E-state index is 0.669. The first kappa shape index (κ1) is 7.38. The molecular weight excluding hydrogens is 130 g/mol. The molecule has 1 aliphatic heterocycles. The van der Waals surface area contributed by atoms with Crippen LogP contribution in [0.15, 0.2) is 0 Å². The van der Waals surface area contributed by atoms with Crippen LogP contribution in [-0.4, -0.2) is 24.1 Å². The van der Waals surface area contributed by atoms with E-state index in [-0.39, 0.29) is 0 Å². The van der Waals surface area contributed by atoms with E-state index in [9.17, 15) is 9.90 Å². The van der Waals surface area contributed by atoms with Gasteiger partial charge in [-0.3, -0.25) is 0 Å². The summed E-state index contributed by atoms with van der Waals surface area (Å²) in [5, 5.41) is 10.3. The molecule has 0 bridgehead atoms. The maximum absolute atomic E-state index is 10.3. The average Bonchev–Trinajstić information content (AvgIpc) is 2.12. The quantitative estimate of drug-likeness (QED) is 0.504. The van der Waals surface area contributed by atoms with Crippen LogP contribution in [0, 0.1) is 0 Å². The Morgan fingerprint density at radius 3 is 1.90 bits per heavy atom. The highest BCUT2D eigenvalue weighted by atomic mass is 16.4. The van der Waals surface area contributed by atoms with E-state index in [0.717, 1.165) is 25.7 Å². The predicted octanol–water partition coefficient (Wildman–Crippen LogP) is 1.41. The molecular formula is C7H12NO2. The third-order valence-corrected chi connectivity index (χ3v) is 1.86. The van der Waals surface area contributed by atoms with Gasteiger partial charge in [0.05, 0.1) is 0 Å². The van der Waals surface area contributed by atoms with Crippen molar-refractivity contribution in [1.82, 2.24) is 4.90 Å². The summed E-state index contributed by atoms with van der Waals surface area (Å²) < 4.78 is 0. The zero-order valence-electron chi connectivity index (χ0n) is 6.01. The first-order valence-electron chi connectivity index (χ1n) is 3.76. The van der Waals surface area contributed by atoms with Gasteiger partial charge < -0.3 is 4.90 Å². The van der Waals surface area contributed by atoms with Gasteiger partial charge in [0.25, 0.3) is 0 Å². The van der Waals surface area contributed by atoms with Gasteiger partial charge >= 0.3 is 6.09 Å². The van der Waals surface area contributed by atoms with Crippen molar-refractivity contribution in [1.29, 1.82) is 0 Å². The number of amides is 1. The normalized spacial score (nSPS) is 20.2. The fraction of sp³-hybridized carbons (Fsp3) is 0.857. The van der Waals surface area contributed by atoms with Crippen molar-refractivity contribution in [2.24, 2.45) is 0 Å². The molecule has 1 heterocycles. The standard InChI is InChI=1S/C7H12NO2/c9-7(10)8-5-3-1-2-4-6-8/h1-6H2. The van der Waals surface area contributed by atoms with E-state index in [1.54, 1.807) is 0 Å². The first-order chi connectivity index (χ1) is 4.80. The lowest BCUT2D eigenvalue weighted by molar-refractivity contribution is 0.121. The lowest BCUT2D eigenvalue weighted by Crippen LogP contribution is -2.29. The van der Waals surface area contributed by atoms with Crippen molar-refractivity contribution in [3.8, 4) is 0 Å². The summed E-state index contributed by atoms with van der Waals surface area (Å²) in [5.74, 6) is 0. The Labute approximate surface area is 60.6 Å². The number of carbonyl (C=O) groups is 1. The van der Waals surface area contributed by atoms with Crippen molar-refractivity contribution < 1.29 is 9.90 Å². The molecule has 0 aromatic carbocycles. The van der Waals surface area contributed by atoms with E-state index in [1.807, 2.05) is 0 Å². The third-order valence-electron chi connectivity index (χ3n) is 1.86. The van der Waals surface area contributed by atoms with Crippen LogP contribution in [0.1, 0.15) is 25.7 Å². The molecule has 1 amide bonds. The highest BCUT2D eigenvalue weighted by molar-refractivity contribution is 5.64. The van der Waals surface area contributed by atoms with Crippen molar-refractivity contribution in [2.75, 3.05) is 13.1 Å². The van der Waals surface area contributed by atoms with Gasteiger partial charge in [-0.15, -0.1) is 0 Å². The Morgan fingerprint density at radius 2 is 1.50 bits per heavy atom. The molecule has 57 valence electrons. The number of likely N-dealkylation sites (tertiary alicyclic amines) is 1. The molecule has 1 aliphatic rings. The fourth-order valence-electron chi connectivity index (χ4n) is 1.25. The largest absolute Gasteiger partial charge is 0.453 e. The fourth-order valence-corrected chi connectivity index (χ4v) is 1.25. The van der Waals surface area contributed by atoms with E-state index in [1.165, 1.54) is 4.90 Å². The second-order valence-electron chi connectivity index (χ2n) is 2.67. The van der Waals surface area contributed by atoms with Crippen LogP contribution >= 0.6 is 0 Å². The van der Waals surface area contributed by atoms with Gasteiger partial charge in [0.1, 0.15) is 0 Å². The zero-order chi connectivity index (χ0) is 7.40. The molecule has 0 unspecified atom stereocenters. The van der Waals surface area contributed by atoms with E-state index in [2.05, 4.69) is 0 Å². The maximum atomic E-state index is 10.3. The summed E-state index contributed by atoms with van der Waals surface area (Å²) in [5.41, 5.74) is 0. The molecule has 1 rings (SSSR count). The topological polar surface area (TPSA) is 40.2 Å². The van der Waals surface area contributed by atoms with E-state index in [0.29, 0.717) is 13.1 Å². The highest BCUT2D eigenvalue weighted by Crippen LogP contribution is 2.09. The number of hydrogen-bond acceptors (Lipinski definition) is 1. The maximum Gasteiger partial charge on any atom is 0.453 e. The van der Waals surface area contributed by atoms with Gasteiger partial charge in [-0.05, 0) is 12.8 Å². The Bertz CT molecular complexity index is 117. The average molecular weight is 142 g/mol. The van der Waals surface area contributed by atoms with Crippen LogP contribution in [0.4, 0.5) is 4.79 Å². The van der Waals surface area contributed by atoms with Crippen LogP contribution in [0.5, 0.6) is 0 Å². The number of hydrogen-bond donors (Lipinski definition) is 0.